The van der Waals surface area contributed by atoms with Crippen LogP contribution in [0.3, 0.4) is 0 Å². The molecule has 0 spiro atoms. The Morgan fingerprint density at radius 1 is 1.43 bits per heavy atom. The average Bonchev–Trinajstić information content (AvgIpc) is 3.04. The van der Waals surface area contributed by atoms with Crippen LogP contribution in [0.4, 0.5) is 5.95 Å². The fraction of sp³-hybridized carbons (Fsp3) is 0.562. The first-order valence-electron chi connectivity index (χ1n) is 7.59. The minimum absolute atomic E-state index is 0.371. The van der Waals surface area contributed by atoms with E-state index in [1.54, 1.807) is 0 Å². The Morgan fingerprint density at radius 3 is 3.00 bits per heavy atom. The summed E-state index contributed by atoms with van der Waals surface area (Å²) in [6.07, 6.45) is 5.92. The number of nitrogens with one attached hydrogen (secondary N) is 1. The average molecular weight is 307 g/mol. The largest absolute Gasteiger partial charge is 0.382 e. The first kappa shape index (κ1) is 16.0. The zero-order valence-electron chi connectivity index (χ0n) is 13.1. The van der Waals surface area contributed by atoms with Crippen LogP contribution in [0.5, 0.6) is 0 Å². The van der Waals surface area contributed by atoms with Crippen LogP contribution in [0.2, 0.25) is 0 Å². The molecule has 1 N–H and O–H groups in total. The Bertz CT molecular complexity index is 535. The second-order valence-electron chi connectivity index (χ2n) is 5.26. The van der Waals surface area contributed by atoms with Crippen LogP contribution in [0, 0.1) is 6.92 Å². The van der Waals surface area contributed by atoms with E-state index in [4.69, 9.17) is 4.74 Å². The van der Waals surface area contributed by atoms with Crippen molar-refractivity contribution in [3.8, 4) is 0 Å². The van der Waals surface area contributed by atoms with Crippen molar-refractivity contribution in [1.29, 1.82) is 0 Å². The monoisotopic (exact) mass is 307 g/mol. The topological polar surface area (TPSA) is 39.1 Å². The third kappa shape index (κ3) is 5.17. The molecule has 0 aliphatic carbocycles. The number of hydrogen-bond acceptors (Lipinski definition) is 4. The Hall–Kier alpha value is -1.33. The lowest BCUT2D eigenvalue weighted by Crippen LogP contribution is -2.20. The highest BCUT2D eigenvalue weighted by molar-refractivity contribution is 7.11. The fourth-order valence-corrected chi connectivity index (χ4v) is 3.30. The normalized spacial score (nSPS) is 12.5. The standard InChI is InChI=1S/C16H25N3OS/c1-4-20-11-5-9-19-10-8-17-16(19)18-13(2)12-15-7-6-14(3)21-15/h6-8,10,13H,4-5,9,11-12H2,1-3H3,(H,17,18). The molecule has 2 rings (SSSR count). The molecule has 0 saturated heterocycles. The first-order chi connectivity index (χ1) is 10.2. The zero-order chi connectivity index (χ0) is 15.1. The molecule has 0 fully saturated rings. The molecule has 5 heteroatoms. The van der Waals surface area contributed by atoms with Gasteiger partial charge >= 0.3 is 0 Å². The number of ether oxygens (including phenoxy) is 1. The van der Waals surface area contributed by atoms with Crippen LogP contribution in [0.25, 0.3) is 0 Å². The molecule has 2 aromatic heterocycles. The molecule has 0 aliphatic heterocycles. The van der Waals surface area contributed by atoms with Crippen LogP contribution >= 0.6 is 11.3 Å². The summed E-state index contributed by atoms with van der Waals surface area (Å²) in [4.78, 5) is 7.20. The molecule has 0 saturated carbocycles. The third-order valence-corrected chi connectivity index (χ3v) is 4.31. The molecular formula is C16H25N3OS. The highest BCUT2D eigenvalue weighted by Crippen LogP contribution is 2.18. The van der Waals surface area contributed by atoms with Crippen LogP contribution in [0.15, 0.2) is 24.5 Å². The van der Waals surface area contributed by atoms with Crippen LogP contribution < -0.4 is 5.32 Å². The van der Waals surface area contributed by atoms with E-state index in [1.165, 1.54) is 9.75 Å². The van der Waals surface area contributed by atoms with Crippen LogP contribution in [0.1, 0.15) is 30.0 Å². The van der Waals surface area contributed by atoms with E-state index in [0.717, 1.165) is 38.5 Å². The number of aromatic nitrogens is 2. The third-order valence-electron chi connectivity index (χ3n) is 3.29. The lowest BCUT2D eigenvalue weighted by atomic mass is 10.2. The number of anilines is 1. The van der Waals surface area contributed by atoms with Crippen molar-refractivity contribution in [2.45, 2.75) is 46.2 Å². The number of rotatable bonds is 9. The van der Waals surface area contributed by atoms with Gasteiger partial charge in [-0.1, -0.05) is 0 Å². The summed E-state index contributed by atoms with van der Waals surface area (Å²) < 4.78 is 7.54. The van der Waals surface area contributed by atoms with Gasteiger partial charge in [0.2, 0.25) is 5.95 Å². The maximum atomic E-state index is 5.38. The number of thiophene rings is 1. The van der Waals surface area contributed by atoms with Crippen LogP contribution in [-0.4, -0.2) is 28.8 Å². The lowest BCUT2D eigenvalue weighted by Gasteiger charge is -2.15. The quantitative estimate of drug-likeness (QED) is 0.718. The Labute approximate surface area is 131 Å². The van der Waals surface area contributed by atoms with Gasteiger partial charge in [-0.05, 0) is 39.3 Å². The second kappa shape index (κ2) is 8.20. The van der Waals surface area contributed by atoms with Crippen molar-refractivity contribution >= 4 is 17.3 Å². The van der Waals surface area contributed by atoms with Crippen molar-refractivity contribution in [2.24, 2.45) is 0 Å². The molecule has 1 atom stereocenters. The summed E-state index contributed by atoms with van der Waals surface area (Å²) in [6, 6.07) is 4.77. The van der Waals surface area contributed by atoms with Gasteiger partial charge < -0.3 is 14.6 Å². The van der Waals surface area contributed by atoms with Gasteiger partial charge in [0.05, 0.1) is 0 Å². The highest BCUT2D eigenvalue weighted by atomic mass is 32.1. The van der Waals surface area contributed by atoms with E-state index < -0.39 is 0 Å². The number of aryl methyl sites for hydroxylation is 2. The summed E-state index contributed by atoms with van der Waals surface area (Å²) >= 11 is 1.87. The van der Waals surface area contributed by atoms with Gasteiger partial charge in [0.1, 0.15) is 0 Å². The summed E-state index contributed by atoms with van der Waals surface area (Å²) in [7, 11) is 0. The molecule has 2 heterocycles. The number of nitrogens with zero attached hydrogens (tertiary/aromatic N) is 2. The molecule has 0 aliphatic rings. The van der Waals surface area contributed by atoms with Gasteiger partial charge in [0.15, 0.2) is 0 Å². The van der Waals surface area contributed by atoms with Crippen molar-refractivity contribution in [3.63, 3.8) is 0 Å². The minimum atomic E-state index is 0.371. The molecule has 0 bridgehead atoms. The molecule has 0 radical (unpaired) electrons. The lowest BCUT2D eigenvalue weighted by molar-refractivity contribution is 0.142. The molecular weight excluding hydrogens is 282 g/mol. The summed E-state index contributed by atoms with van der Waals surface area (Å²) in [5.74, 6) is 0.951. The number of hydrogen-bond donors (Lipinski definition) is 1. The Kier molecular flexibility index (Phi) is 6.26. The fourth-order valence-electron chi connectivity index (χ4n) is 2.28. The summed E-state index contributed by atoms with van der Waals surface area (Å²) in [6.45, 7) is 8.90. The van der Waals surface area contributed by atoms with E-state index in [2.05, 4.69) is 40.8 Å². The van der Waals surface area contributed by atoms with Crippen molar-refractivity contribution < 1.29 is 4.74 Å². The number of imidazole rings is 1. The predicted molar refractivity (Wildman–Crippen MR) is 89.2 cm³/mol. The maximum Gasteiger partial charge on any atom is 0.202 e. The zero-order valence-corrected chi connectivity index (χ0v) is 13.9. The second-order valence-corrected chi connectivity index (χ2v) is 6.63. The first-order valence-corrected chi connectivity index (χ1v) is 8.41. The van der Waals surface area contributed by atoms with Crippen molar-refractivity contribution in [2.75, 3.05) is 18.5 Å². The van der Waals surface area contributed by atoms with Crippen molar-refractivity contribution in [3.05, 3.63) is 34.3 Å². The molecule has 21 heavy (non-hydrogen) atoms. The molecule has 0 aromatic carbocycles. The minimum Gasteiger partial charge on any atom is -0.382 e. The summed E-state index contributed by atoms with van der Waals surface area (Å²) in [5.41, 5.74) is 0. The molecule has 4 nitrogen and oxygen atoms in total. The van der Waals surface area contributed by atoms with E-state index >= 15 is 0 Å². The maximum absolute atomic E-state index is 5.38. The highest BCUT2D eigenvalue weighted by Gasteiger charge is 2.09. The Balaban J connectivity index is 1.83. The smallest absolute Gasteiger partial charge is 0.202 e. The van der Waals surface area contributed by atoms with E-state index in [-0.39, 0.29) is 0 Å². The van der Waals surface area contributed by atoms with Gasteiger partial charge in [0, 0.05) is 54.4 Å². The Morgan fingerprint density at radius 2 is 2.29 bits per heavy atom. The van der Waals surface area contributed by atoms with E-state index in [0.29, 0.717) is 6.04 Å². The van der Waals surface area contributed by atoms with Gasteiger partial charge in [-0.25, -0.2) is 4.98 Å². The molecule has 2 aromatic rings. The molecule has 1 unspecified atom stereocenters. The molecule has 116 valence electrons. The summed E-state index contributed by atoms with van der Waals surface area (Å²) in [5, 5.41) is 3.51. The molecule has 0 amide bonds. The van der Waals surface area contributed by atoms with Gasteiger partial charge in [-0.15, -0.1) is 11.3 Å². The predicted octanol–water partition coefficient (Wildman–Crippen LogP) is 3.72. The SMILES string of the molecule is CCOCCCn1ccnc1NC(C)Cc1ccc(C)s1. The van der Waals surface area contributed by atoms with Crippen molar-refractivity contribution in [1.82, 2.24) is 9.55 Å². The van der Waals surface area contributed by atoms with Gasteiger partial charge in [-0.3, -0.25) is 0 Å². The van der Waals surface area contributed by atoms with E-state index in [1.807, 2.05) is 30.7 Å². The van der Waals surface area contributed by atoms with Gasteiger partial charge in [-0.2, -0.15) is 0 Å². The van der Waals surface area contributed by atoms with E-state index in [9.17, 15) is 0 Å². The van der Waals surface area contributed by atoms with Crippen LogP contribution in [-0.2, 0) is 17.7 Å². The van der Waals surface area contributed by atoms with Gasteiger partial charge in [0.25, 0.3) is 0 Å².